The average Bonchev–Trinajstić information content (AvgIpc) is 2.48. The highest BCUT2D eigenvalue weighted by molar-refractivity contribution is 7.89. The van der Waals surface area contributed by atoms with Gasteiger partial charge in [-0.1, -0.05) is 0 Å². The second kappa shape index (κ2) is 6.64. The molecule has 118 valence electrons. The van der Waals surface area contributed by atoms with Crippen LogP contribution in [0, 0.1) is 5.92 Å². The van der Waals surface area contributed by atoms with Gasteiger partial charge in [0, 0.05) is 26.8 Å². The zero-order valence-electron chi connectivity index (χ0n) is 12.5. The van der Waals surface area contributed by atoms with Gasteiger partial charge in [0.2, 0.25) is 10.0 Å². The van der Waals surface area contributed by atoms with Crippen LogP contribution in [0.1, 0.15) is 12.8 Å². The molecule has 1 aliphatic heterocycles. The van der Waals surface area contributed by atoms with Gasteiger partial charge in [0.25, 0.3) is 0 Å². The Kier molecular flexibility index (Phi) is 5.08. The average molecular weight is 313 g/mol. The van der Waals surface area contributed by atoms with Crippen molar-refractivity contribution < 1.29 is 13.2 Å². The van der Waals surface area contributed by atoms with E-state index in [-0.39, 0.29) is 4.90 Å². The molecule has 1 heterocycles. The fourth-order valence-corrected chi connectivity index (χ4v) is 3.34. The standard InChI is InChI=1S/C14H23N3O3S/c1-16-21(18,19)12-3-4-14(13(15)9-12)17(2)10-11-5-7-20-8-6-11/h3-4,9,11,16H,5-8,10,15H2,1-2H3. The minimum Gasteiger partial charge on any atom is -0.397 e. The first-order valence-corrected chi connectivity index (χ1v) is 8.54. The summed E-state index contributed by atoms with van der Waals surface area (Å²) in [6.07, 6.45) is 2.10. The predicted molar refractivity (Wildman–Crippen MR) is 83.9 cm³/mol. The molecule has 3 N–H and O–H groups in total. The Morgan fingerprint density at radius 1 is 1.38 bits per heavy atom. The lowest BCUT2D eigenvalue weighted by Gasteiger charge is -2.29. The number of nitrogens with one attached hydrogen (secondary N) is 1. The molecule has 1 fully saturated rings. The monoisotopic (exact) mass is 313 g/mol. The lowest BCUT2D eigenvalue weighted by atomic mass is 9.99. The van der Waals surface area contributed by atoms with Crippen LogP contribution < -0.4 is 15.4 Å². The molecule has 0 radical (unpaired) electrons. The molecule has 0 bridgehead atoms. The van der Waals surface area contributed by atoms with Crippen molar-refractivity contribution in [2.45, 2.75) is 17.7 Å². The van der Waals surface area contributed by atoms with Crippen LogP contribution >= 0.6 is 0 Å². The summed E-state index contributed by atoms with van der Waals surface area (Å²) in [7, 11) is -0.0902. The first kappa shape index (κ1) is 16.1. The molecule has 0 unspecified atom stereocenters. The van der Waals surface area contributed by atoms with E-state index in [0.717, 1.165) is 38.3 Å². The van der Waals surface area contributed by atoms with Crippen molar-refractivity contribution in [2.75, 3.05) is 44.5 Å². The van der Waals surface area contributed by atoms with Gasteiger partial charge in [0.1, 0.15) is 0 Å². The van der Waals surface area contributed by atoms with Crippen LogP contribution in [0.2, 0.25) is 0 Å². The Hall–Kier alpha value is -1.31. The maximum absolute atomic E-state index is 11.8. The van der Waals surface area contributed by atoms with Crippen molar-refractivity contribution in [1.82, 2.24) is 4.72 Å². The molecule has 6 nitrogen and oxygen atoms in total. The zero-order chi connectivity index (χ0) is 15.5. The van der Waals surface area contributed by atoms with Crippen molar-refractivity contribution in [1.29, 1.82) is 0 Å². The Morgan fingerprint density at radius 3 is 2.62 bits per heavy atom. The number of benzene rings is 1. The molecule has 0 saturated carbocycles. The smallest absolute Gasteiger partial charge is 0.240 e. The summed E-state index contributed by atoms with van der Waals surface area (Å²) in [5.41, 5.74) is 7.35. The predicted octanol–water partition coefficient (Wildman–Crippen LogP) is 1.04. The van der Waals surface area contributed by atoms with Gasteiger partial charge in [-0.05, 0) is 44.0 Å². The maximum Gasteiger partial charge on any atom is 0.240 e. The molecule has 0 spiro atoms. The highest BCUT2D eigenvalue weighted by Gasteiger charge is 2.18. The van der Waals surface area contributed by atoms with Gasteiger partial charge in [0.05, 0.1) is 16.3 Å². The normalized spacial score (nSPS) is 16.9. The largest absolute Gasteiger partial charge is 0.397 e. The molecule has 1 saturated heterocycles. The lowest BCUT2D eigenvalue weighted by Crippen LogP contribution is -2.30. The van der Waals surface area contributed by atoms with Crippen LogP contribution in [-0.4, -0.2) is 42.3 Å². The second-order valence-electron chi connectivity index (χ2n) is 5.36. The number of rotatable bonds is 5. The quantitative estimate of drug-likeness (QED) is 0.794. The molecule has 0 atom stereocenters. The first-order valence-electron chi connectivity index (χ1n) is 7.06. The second-order valence-corrected chi connectivity index (χ2v) is 7.25. The highest BCUT2D eigenvalue weighted by Crippen LogP contribution is 2.27. The number of nitrogens with zero attached hydrogens (tertiary/aromatic N) is 1. The number of ether oxygens (including phenoxy) is 1. The third-order valence-electron chi connectivity index (χ3n) is 3.86. The van der Waals surface area contributed by atoms with E-state index in [1.54, 1.807) is 12.1 Å². The number of anilines is 2. The van der Waals surface area contributed by atoms with Gasteiger partial charge in [0.15, 0.2) is 0 Å². The molecule has 1 aromatic carbocycles. The molecule has 7 heteroatoms. The Morgan fingerprint density at radius 2 is 2.05 bits per heavy atom. The van der Waals surface area contributed by atoms with Crippen molar-refractivity contribution in [3.63, 3.8) is 0 Å². The topological polar surface area (TPSA) is 84.7 Å². The fourth-order valence-electron chi connectivity index (χ4n) is 2.58. The van der Waals surface area contributed by atoms with Crippen molar-refractivity contribution >= 4 is 21.4 Å². The summed E-state index contributed by atoms with van der Waals surface area (Å²) in [5, 5.41) is 0. The van der Waals surface area contributed by atoms with Gasteiger partial charge in [-0.2, -0.15) is 0 Å². The third kappa shape index (κ3) is 3.87. The van der Waals surface area contributed by atoms with Crippen molar-refractivity contribution in [3.8, 4) is 0 Å². The van der Waals surface area contributed by atoms with Crippen LogP contribution in [0.25, 0.3) is 0 Å². The Balaban J connectivity index is 2.12. The molecule has 0 aliphatic carbocycles. The van der Waals surface area contributed by atoms with E-state index >= 15 is 0 Å². The van der Waals surface area contributed by atoms with E-state index in [4.69, 9.17) is 10.5 Å². The van der Waals surface area contributed by atoms with Crippen LogP contribution in [-0.2, 0) is 14.8 Å². The van der Waals surface area contributed by atoms with Crippen molar-refractivity contribution in [2.24, 2.45) is 5.92 Å². The van der Waals surface area contributed by atoms with E-state index < -0.39 is 10.0 Å². The minimum atomic E-state index is -3.46. The van der Waals surface area contributed by atoms with Crippen LogP contribution in [0.15, 0.2) is 23.1 Å². The van der Waals surface area contributed by atoms with E-state index in [2.05, 4.69) is 9.62 Å². The molecular weight excluding hydrogens is 290 g/mol. The first-order chi connectivity index (χ1) is 9.94. The Bertz CT molecular complexity index is 583. The molecular formula is C14H23N3O3S. The minimum absolute atomic E-state index is 0.186. The third-order valence-corrected chi connectivity index (χ3v) is 5.27. The van der Waals surface area contributed by atoms with Crippen LogP contribution in [0.5, 0.6) is 0 Å². The summed E-state index contributed by atoms with van der Waals surface area (Å²) in [5.74, 6) is 0.587. The number of hydrogen-bond acceptors (Lipinski definition) is 5. The molecule has 1 aliphatic rings. The number of sulfonamides is 1. The lowest BCUT2D eigenvalue weighted by molar-refractivity contribution is 0.0685. The van der Waals surface area contributed by atoms with Gasteiger partial charge >= 0.3 is 0 Å². The molecule has 0 amide bonds. The highest BCUT2D eigenvalue weighted by atomic mass is 32.2. The molecule has 0 aromatic heterocycles. The number of nitrogen functional groups attached to an aromatic ring is 1. The fraction of sp³-hybridized carbons (Fsp3) is 0.571. The maximum atomic E-state index is 11.8. The van der Waals surface area contributed by atoms with E-state index in [1.165, 1.54) is 13.1 Å². The van der Waals surface area contributed by atoms with E-state index in [1.807, 2.05) is 7.05 Å². The van der Waals surface area contributed by atoms with Gasteiger partial charge < -0.3 is 15.4 Å². The summed E-state index contributed by atoms with van der Waals surface area (Å²) in [6, 6.07) is 4.85. The van der Waals surface area contributed by atoms with Crippen molar-refractivity contribution in [3.05, 3.63) is 18.2 Å². The van der Waals surface area contributed by atoms with E-state index in [9.17, 15) is 8.42 Å². The summed E-state index contributed by atoms with van der Waals surface area (Å²) >= 11 is 0. The summed E-state index contributed by atoms with van der Waals surface area (Å²) < 4.78 is 31.2. The summed E-state index contributed by atoms with van der Waals surface area (Å²) in [6.45, 7) is 2.52. The SMILES string of the molecule is CNS(=O)(=O)c1ccc(N(C)CC2CCOCC2)c(N)c1. The van der Waals surface area contributed by atoms with Gasteiger partial charge in [-0.15, -0.1) is 0 Å². The Labute approximate surface area is 126 Å². The molecule has 2 rings (SSSR count). The van der Waals surface area contributed by atoms with Gasteiger partial charge in [-0.3, -0.25) is 0 Å². The molecule has 1 aromatic rings. The number of nitrogens with two attached hydrogens (primary N) is 1. The van der Waals surface area contributed by atoms with Crippen LogP contribution in [0.4, 0.5) is 11.4 Å². The van der Waals surface area contributed by atoms with E-state index in [0.29, 0.717) is 11.6 Å². The number of hydrogen-bond donors (Lipinski definition) is 2. The summed E-state index contributed by atoms with van der Waals surface area (Å²) in [4.78, 5) is 2.27. The van der Waals surface area contributed by atoms with Crippen LogP contribution in [0.3, 0.4) is 0 Å². The molecule has 21 heavy (non-hydrogen) atoms. The van der Waals surface area contributed by atoms with Gasteiger partial charge in [-0.25, -0.2) is 13.1 Å². The zero-order valence-corrected chi connectivity index (χ0v) is 13.3.